The van der Waals surface area contributed by atoms with Gasteiger partial charge in [0.15, 0.2) is 5.76 Å². The van der Waals surface area contributed by atoms with Gasteiger partial charge in [0, 0.05) is 31.8 Å². The molecule has 0 N–H and O–H groups in total. The molecule has 6 nitrogen and oxygen atoms in total. The van der Waals surface area contributed by atoms with E-state index >= 15 is 0 Å². The van der Waals surface area contributed by atoms with Crippen molar-refractivity contribution < 1.29 is 18.7 Å². The number of rotatable bonds is 3. The van der Waals surface area contributed by atoms with Gasteiger partial charge in [0.25, 0.3) is 5.91 Å². The molecule has 4 rings (SSSR count). The van der Waals surface area contributed by atoms with Crippen molar-refractivity contribution in [2.45, 2.75) is 31.0 Å². The Balaban J connectivity index is 1.33. The standard InChI is InChI=1S/C18H20N2O4/c21-17(15-4-3-11-22-15)20-9-6-18(7-10-20)12-14(13-23-18)24-16-5-1-2-8-19-16/h1-5,8,11,14H,6-7,9-10,12-13H2/t14-/m0/s1. The zero-order valence-corrected chi connectivity index (χ0v) is 13.4. The van der Waals surface area contributed by atoms with Crippen LogP contribution in [0.5, 0.6) is 5.88 Å². The molecule has 2 aromatic rings. The number of carbonyl (C=O) groups is 1. The summed E-state index contributed by atoms with van der Waals surface area (Å²) in [6.45, 7) is 1.92. The summed E-state index contributed by atoms with van der Waals surface area (Å²) in [4.78, 5) is 18.4. The minimum Gasteiger partial charge on any atom is -0.472 e. The van der Waals surface area contributed by atoms with Gasteiger partial charge in [-0.05, 0) is 31.0 Å². The first kappa shape index (κ1) is 15.2. The number of ether oxygens (including phenoxy) is 2. The normalized spacial score (nSPS) is 22.7. The number of nitrogens with zero attached hydrogens (tertiary/aromatic N) is 2. The van der Waals surface area contributed by atoms with Crippen molar-refractivity contribution in [2.24, 2.45) is 0 Å². The highest BCUT2D eigenvalue weighted by Crippen LogP contribution is 2.37. The third-order valence-electron chi connectivity index (χ3n) is 4.79. The molecule has 0 saturated carbocycles. The van der Waals surface area contributed by atoms with Crippen molar-refractivity contribution >= 4 is 5.91 Å². The first-order valence-electron chi connectivity index (χ1n) is 8.29. The van der Waals surface area contributed by atoms with Crippen LogP contribution in [0, 0.1) is 0 Å². The highest BCUT2D eigenvalue weighted by molar-refractivity contribution is 5.91. The van der Waals surface area contributed by atoms with Crippen LogP contribution in [-0.2, 0) is 4.74 Å². The van der Waals surface area contributed by atoms with Gasteiger partial charge in [-0.25, -0.2) is 4.98 Å². The summed E-state index contributed by atoms with van der Waals surface area (Å²) in [7, 11) is 0. The molecule has 2 fully saturated rings. The fourth-order valence-corrected chi connectivity index (χ4v) is 3.49. The lowest BCUT2D eigenvalue weighted by atomic mass is 9.88. The van der Waals surface area contributed by atoms with Crippen LogP contribution in [0.15, 0.2) is 47.2 Å². The Morgan fingerprint density at radius 3 is 2.83 bits per heavy atom. The Bertz CT molecular complexity index is 678. The Morgan fingerprint density at radius 1 is 1.25 bits per heavy atom. The van der Waals surface area contributed by atoms with E-state index in [1.807, 2.05) is 23.1 Å². The Labute approximate surface area is 140 Å². The van der Waals surface area contributed by atoms with Gasteiger partial charge in [-0.3, -0.25) is 4.79 Å². The molecule has 0 aliphatic carbocycles. The first-order valence-corrected chi connectivity index (χ1v) is 8.29. The van der Waals surface area contributed by atoms with E-state index in [4.69, 9.17) is 13.9 Å². The smallest absolute Gasteiger partial charge is 0.289 e. The maximum atomic E-state index is 12.3. The van der Waals surface area contributed by atoms with Gasteiger partial charge in [-0.1, -0.05) is 6.07 Å². The molecule has 2 aromatic heterocycles. The van der Waals surface area contributed by atoms with Gasteiger partial charge >= 0.3 is 0 Å². The van der Waals surface area contributed by atoms with Crippen LogP contribution in [0.4, 0.5) is 0 Å². The van der Waals surface area contributed by atoms with Gasteiger partial charge < -0.3 is 18.8 Å². The zero-order chi connectivity index (χ0) is 16.4. The lowest BCUT2D eigenvalue weighted by molar-refractivity contribution is -0.0400. The van der Waals surface area contributed by atoms with E-state index in [1.165, 1.54) is 6.26 Å². The molecule has 1 amide bonds. The number of aromatic nitrogens is 1. The molecule has 1 spiro atoms. The molecule has 0 bridgehead atoms. The van der Waals surface area contributed by atoms with Crippen molar-refractivity contribution in [1.82, 2.24) is 9.88 Å². The number of amides is 1. The van der Waals surface area contributed by atoms with Crippen molar-refractivity contribution in [3.05, 3.63) is 48.6 Å². The fourth-order valence-electron chi connectivity index (χ4n) is 3.49. The second-order valence-corrected chi connectivity index (χ2v) is 6.38. The monoisotopic (exact) mass is 328 g/mol. The molecular weight excluding hydrogens is 308 g/mol. The Hall–Kier alpha value is -2.34. The van der Waals surface area contributed by atoms with Crippen LogP contribution in [-0.4, -0.2) is 47.2 Å². The second kappa shape index (κ2) is 6.28. The topological polar surface area (TPSA) is 64.8 Å². The molecule has 6 heteroatoms. The number of pyridine rings is 1. The first-order chi connectivity index (χ1) is 11.7. The predicted molar refractivity (Wildman–Crippen MR) is 85.8 cm³/mol. The molecule has 0 radical (unpaired) electrons. The van der Waals surface area contributed by atoms with Crippen LogP contribution < -0.4 is 4.74 Å². The van der Waals surface area contributed by atoms with E-state index in [1.54, 1.807) is 18.3 Å². The van der Waals surface area contributed by atoms with Gasteiger partial charge in [0.1, 0.15) is 6.10 Å². The third kappa shape index (κ3) is 3.01. The molecular formula is C18H20N2O4. The van der Waals surface area contributed by atoms with Gasteiger partial charge in [0.2, 0.25) is 5.88 Å². The van der Waals surface area contributed by atoms with Crippen LogP contribution in [0.3, 0.4) is 0 Å². The number of carbonyl (C=O) groups excluding carboxylic acids is 1. The quantitative estimate of drug-likeness (QED) is 0.866. The van der Waals surface area contributed by atoms with Crippen molar-refractivity contribution in [3.63, 3.8) is 0 Å². The summed E-state index contributed by atoms with van der Waals surface area (Å²) in [5, 5.41) is 0. The second-order valence-electron chi connectivity index (χ2n) is 6.38. The molecule has 4 heterocycles. The molecule has 2 aliphatic heterocycles. The molecule has 0 aromatic carbocycles. The van der Waals surface area contributed by atoms with Crippen molar-refractivity contribution in [3.8, 4) is 5.88 Å². The number of piperidine rings is 1. The maximum Gasteiger partial charge on any atom is 0.289 e. The lowest BCUT2D eigenvalue weighted by Gasteiger charge is -2.38. The lowest BCUT2D eigenvalue weighted by Crippen LogP contribution is -2.46. The molecule has 2 saturated heterocycles. The highest BCUT2D eigenvalue weighted by atomic mass is 16.6. The average molecular weight is 328 g/mol. The summed E-state index contributed by atoms with van der Waals surface area (Å²) in [6.07, 6.45) is 5.75. The number of likely N-dealkylation sites (tertiary alicyclic amines) is 1. The zero-order valence-electron chi connectivity index (χ0n) is 13.4. The van der Waals surface area contributed by atoms with Crippen LogP contribution in [0.2, 0.25) is 0 Å². The molecule has 126 valence electrons. The molecule has 0 unspecified atom stereocenters. The van der Waals surface area contributed by atoms with Gasteiger partial charge in [-0.15, -0.1) is 0 Å². The van der Waals surface area contributed by atoms with E-state index in [-0.39, 0.29) is 17.6 Å². The van der Waals surface area contributed by atoms with E-state index in [2.05, 4.69) is 4.98 Å². The fraction of sp³-hybridized carbons (Fsp3) is 0.444. The Morgan fingerprint density at radius 2 is 2.12 bits per heavy atom. The van der Waals surface area contributed by atoms with Gasteiger partial charge in [0.05, 0.1) is 18.5 Å². The van der Waals surface area contributed by atoms with Crippen molar-refractivity contribution in [1.29, 1.82) is 0 Å². The van der Waals surface area contributed by atoms with E-state index in [0.29, 0.717) is 31.3 Å². The summed E-state index contributed by atoms with van der Waals surface area (Å²) >= 11 is 0. The Kier molecular flexibility index (Phi) is 3.98. The summed E-state index contributed by atoms with van der Waals surface area (Å²) in [6, 6.07) is 9.07. The molecule has 2 aliphatic rings. The summed E-state index contributed by atoms with van der Waals surface area (Å²) in [5.41, 5.74) is -0.181. The third-order valence-corrected chi connectivity index (χ3v) is 4.79. The number of hydrogen-bond donors (Lipinski definition) is 0. The molecule has 24 heavy (non-hydrogen) atoms. The predicted octanol–water partition coefficient (Wildman–Crippen LogP) is 2.52. The molecule has 1 atom stereocenters. The summed E-state index contributed by atoms with van der Waals surface area (Å²) in [5.74, 6) is 0.984. The largest absolute Gasteiger partial charge is 0.472 e. The van der Waals surface area contributed by atoms with Crippen LogP contribution in [0.25, 0.3) is 0 Å². The van der Waals surface area contributed by atoms with E-state index in [0.717, 1.165) is 19.3 Å². The van der Waals surface area contributed by atoms with Crippen LogP contribution >= 0.6 is 0 Å². The maximum absolute atomic E-state index is 12.3. The van der Waals surface area contributed by atoms with E-state index < -0.39 is 0 Å². The minimum atomic E-state index is -0.181. The minimum absolute atomic E-state index is 0.0206. The SMILES string of the molecule is O=C(c1ccco1)N1CCC2(CC1)C[C@H](Oc1ccccn1)CO2. The van der Waals surface area contributed by atoms with Crippen LogP contribution in [0.1, 0.15) is 29.8 Å². The van der Waals surface area contributed by atoms with Gasteiger partial charge in [-0.2, -0.15) is 0 Å². The number of furan rings is 1. The van der Waals surface area contributed by atoms with E-state index in [9.17, 15) is 4.79 Å². The average Bonchev–Trinajstić information content (AvgIpc) is 3.27. The van der Waals surface area contributed by atoms with Crippen molar-refractivity contribution in [2.75, 3.05) is 19.7 Å². The highest BCUT2D eigenvalue weighted by Gasteiger charge is 2.44. The number of hydrogen-bond acceptors (Lipinski definition) is 5. The summed E-state index contributed by atoms with van der Waals surface area (Å²) < 4.78 is 17.2.